The highest BCUT2D eigenvalue weighted by molar-refractivity contribution is 7.18. The van der Waals surface area contributed by atoms with E-state index in [1.54, 1.807) is 6.07 Å². The molecule has 1 aliphatic heterocycles. The van der Waals surface area contributed by atoms with Gasteiger partial charge in [0.15, 0.2) is 5.78 Å². The van der Waals surface area contributed by atoms with E-state index in [0.717, 1.165) is 37.0 Å². The minimum Gasteiger partial charge on any atom is -0.502 e. The van der Waals surface area contributed by atoms with Crippen molar-refractivity contribution in [2.75, 3.05) is 18.0 Å². The Morgan fingerprint density at radius 3 is 2.47 bits per heavy atom. The largest absolute Gasteiger partial charge is 0.502 e. The SMILES string of the molecule is O=C(O)/C(O)=C/C(=O)c1ccc(N2CCCCC2)s1. The first-order chi connectivity index (χ1) is 9.08. The minimum atomic E-state index is -1.50. The van der Waals surface area contributed by atoms with Crippen LogP contribution in [0.1, 0.15) is 28.9 Å². The van der Waals surface area contributed by atoms with Crippen molar-refractivity contribution in [2.24, 2.45) is 0 Å². The average molecular weight is 281 g/mol. The van der Waals surface area contributed by atoms with Crippen LogP contribution in [-0.4, -0.2) is 35.1 Å². The molecule has 0 atom stereocenters. The van der Waals surface area contributed by atoms with Gasteiger partial charge in [-0.05, 0) is 31.4 Å². The number of carboxylic acid groups (broad SMARTS) is 1. The molecule has 2 N–H and O–H groups in total. The monoisotopic (exact) mass is 281 g/mol. The number of nitrogens with zero attached hydrogens (tertiary/aromatic N) is 1. The fourth-order valence-electron chi connectivity index (χ4n) is 2.00. The zero-order valence-corrected chi connectivity index (χ0v) is 11.2. The van der Waals surface area contributed by atoms with Gasteiger partial charge in [0.05, 0.1) is 9.88 Å². The Labute approximate surface area is 114 Å². The van der Waals surface area contributed by atoms with Crippen LogP contribution in [-0.2, 0) is 4.79 Å². The molecule has 2 rings (SSSR count). The molecule has 0 unspecified atom stereocenters. The number of anilines is 1. The molecule has 0 bridgehead atoms. The molecule has 1 saturated heterocycles. The van der Waals surface area contributed by atoms with E-state index in [2.05, 4.69) is 4.90 Å². The summed E-state index contributed by atoms with van der Waals surface area (Å²) in [5.74, 6) is -2.91. The summed E-state index contributed by atoms with van der Waals surface area (Å²) in [6.07, 6.45) is 4.29. The van der Waals surface area contributed by atoms with Crippen LogP contribution >= 0.6 is 11.3 Å². The molecule has 1 aromatic rings. The van der Waals surface area contributed by atoms with Crippen molar-refractivity contribution in [1.82, 2.24) is 0 Å². The topological polar surface area (TPSA) is 77.8 Å². The van der Waals surface area contributed by atoms with Crippen molar-refractivity contribution in [3.8, 4) is 0 Å². The van der Waals surface area contributed by atoms with E-state index < -0.39 is 17.5 Å². The molecule has 0 spiro atoms. The quantitative estimate of drug-likeness (QED) is 0.503. The maximum Gasteiger partial charge on any atom is 0.371 e. The Hall–Kier alpha value is -1.82. The number of aliphatic carboxylic acids is 1. The maximum absolute atomic E-state index is 11.7. The van der Waals surface area contributed by atoms with E-state index in [1.165, 1.54) is 17.8 Å². The summed E-state index contributed by atoms with van der Waals surface area (Å²) in [5, 5.41) is 18.6. The van der Waals surface area contributed by atoms with Gasteiger partial charge >= 0.3 is 5.97 Å². The van der Waals surface area contributed by atoms with Crippen LogP contribution < -0.4 is 4.90 Å². The Kier molecular flexibility index (Phi) is 4.21. The molecule has 5 nitrogen and oxygen atoms in total. The van der Waals surface area contributed by atoms with E-state index in [1.807, 2.05) is 6.07 Å². The second kappa shape index (κ2) is 5.88. The highest BCUT2D eigenvalue weighted by Gasteiger charge is 2.16. The van der Waals surface area contributed by atoms with Crippen LogP contribution in [0.15, 0.2) is 24.0 Å². The number of piperidine rings is 1. The first-order valence-corrected chi connectivity index (χ1v) is 6.92. The van der Waals surface area contributed by atoms with Crippen molar-refractivity contribution in [3.63, 3.8) is 0 Å². The van der Waals surface area contributed by atoms with Gasteiger partial charge in [-0.25, -0.2) is 4.79 Å². The molecule has 0 saturated carbocycles. The second-order valence-corrected chi connectivity index (χ2v) is 5.45. The van der Waals surface area contributed by atoms with Gasteiger partial charge in [0.2, 0.25) is 5.76 Å². The van der Waals surface area contributed by atoms with Gasteiger partial charge in [0.1, 0.15) is 0 Å². The zero-order chi connectivity index (χ0) is 13.8. The lowest BCUT2D eigenvalue weighted by Gasteiger charge is -2.27. The van der Waals surface area contributed by atoms with E-state index in [4.69, 9.17) is 10.2 Å². The van der Waals surface area contributed by atoms with Crippen LogP contribution in [0.2, 0.25) is 0 Å². The number of carbonyl (C=O) groups excluding carboxylic acids is 1. The number of allylic oxidation sites excluding steroid dienone is 1. The number of rotatable bonds is 4. The van der Waals surface area contributed by atoms with Crippen LogP contribution in [0.4, 0.5) is 5.00 Å². The maximum atomic E-state index is 11.7. The molecule has 1 fully saturated rings. The van der Waals surface area contributed by atoms with Gasteiger partial charge in [0, 0.05) is 19.2 Å². The van der Waals surface area contributed by atoms with E-state index in [9.17, 15) is 9.59 Å². The average Bonchev–Trinajstić information content (AvgIpc) is 2.89. The van der Waals surface area contributed by atoms with Crippen molar-refractivity contribution in [1.29, 1.82) is 0 Å². The Balaban J connectivity index is 2.10. The second-order valence-electron chi connectivity index (χ2n) is 4.38. The molecule has 0 amide bonds. The summed E-state index contributed by atoms with van der Waals surface area (Å²) >= 11 is 1.33. The summed E-state index contributed by atoms with van der Waals surface area (Å²) in [6.45, 7) is 1.98. The smallest absolute Gasteiger partial charge is 0.371 e. The predicted octanol–water partition coefficient (Wildman–Crippen LogP) is 2.45. The third-order valence-electron chi connectivity index (χ3n) is 2.99. The summed E-state index contributed by atoms with van der Waals surface area (Å²) in [4.78, 5) is 24.9. The molecular weight excluding hydrogens is 266 g/mol. The number of hydrogen-bond donors (Lipinski definition) is 2. The lowest BCUT2D eigenvalue weighted by Crippen LogP contribution is -2.28. The van der Waals surface area contributed by atoms with Gasteiger partial charge in [-0.3, -0.25) is 4.79 Å². The number of hydrogen-bond acceptors (Lipinski definition) is 5. The lowest BCUT2D eigenvalue weighted by molar-refractivity contribution is -0.135. The number of ketones is 1. The third-order valence-corrected chi connectivity index (χ3v) is 4.15. The van der Waals surface area contributed by atoms with Gasteiger partial charge in [-0.15, -0.1) is 11.3 Å². The van der Waals surface area contributed by atoms with E-state index in [-0.39, 0.29) is 0 Å². The molecule has 102 valence electrons. The molecule has 6 heteroatoms. The fraction of sp³-hybridized carbons (Fsp3) is 0.385. The highest BCUT2D eigenvalue weighted by atomic mass is 32.1. The number of carboxylic acids is 1. The van der Waals surface area contributed by atoms with Gasteiger partial charge in [-0.2, -0.15) is 0 Å². The van der Waals surface area contributed by atoms with Crippen molar-refractivity contribution >= 4 is 28.1 Å². The highest BCUT2D eigenvalue weighted by Crippen LogP contribution is 2.29. The van der Waals surface area contributed by atoms with E-state index in [0.29, 0.717) is 4.88 Å². The lowest BCUT2D eigenvalue weighted by atomic mass is 10.1. The molecule has 0 aliphatic carbocycles. The third kappa shape index (κ3) is 3.35. The summed E-state index contributed by atoms with van der Waals surface area (Å²) in [7, 11) is 0. The molecule has 1 aliphatic rings. The van der Waals surface area contributed by atoms with Gasteiger partial charge < -0.3 is 15.1 Å². The fourth-order valence-corrected chi connectivity index (χ4v) is 2.97. The molecule has 2 heterocycles. The minimum absolute atomic E-state index is 0.438. The van der Waals surface area contributed by atoms with Gasteiger partial charge in [0.25, 0.3) is 0 Å². The van der Waals surface area contributed by atoms with Crippen LogP contribution in [0.3, 0.4) is 0 Å². The van der Waals surface area contributed by atoms with Crippen LogP contribution in [0, 0.1) is 0 Å². The number of thiophene rings is 1. The molecule has 0 radical (unpaired) electrons. The number of aliphatic hydroxyl groups excluding tert-OH is 1. The number of aliphatic hydroxyl groups is 1. The van der Waals surface area contributed by atoms with Crippen molar-refractivity contribution < 1.29 is 19.8 Å². The molecule has 19 heavy (non-hydrogen) atoms. The first-order valence-electron chi connectivity index (χ1n) is 6.11. The standard InChI is InChI=1S/C13H15NO4S/c15-9(8-10(16)13(17)18)11-4-5-12(19-11)14-6-2-1-3-7-14/h4-5,8,16H,1-3,6-7H2,(H,17,18)/b10-8-. The Bertz CT molecular complexity index is 514. The summed E-state index contributed by atoms with van der Waals surface area (Å²) in [6, 6.07) is 3.54. The summed E-state index contributed by atoms with van der Waals surface area (Å²) in [5.41, 5.74) is 0. The Morgan fingerprint density at radius 1 is 1.16 bits per heavy atom. The van der Waals surface area contributed by atoms with E-state index >= 15 is 0 Å². The summed E-state index contributed by atoms with van der Waals surface area (Å²) < 4.78 is 0. The molecule has 0 aromatic carbocycles. The normalized spacial score (nSPS) is 16.4. The number of carbonyl (C=O) groups is 2. The van der Waals surface area contributed by atoms with Crippen LogP contribution in [0.25, 0.3) is 0 Å². The Morgan fingerprint density at radius 2 is 1.84 bits per heavy atom. The van der Waals surface area contributed by atoms with Crippen LogP contribution in [0.5, 0.6) is 0 Å². The first kappa shape index (κ1) is 13.6. The van der Waals surface area contributed by atoms with Crippen molar-refractivity contribution in [3.05, 3.63) is 28.8 Å². The zero-order valence-electron chi connectivity index (χ0n) is 10.3. The van der Waals surface area contributed by atoms with Gasteiger partial charge in [-0.1, -0.05) is 0 Å². The molecular formula is C13H15NO4S. The van der Waals surface area contributed by atoms with Crippen molar-refractivity contribution in [2.45, 2.75) is 19.3 Å². The predicted molar refractivity (Wildman–Crippen MR) is 73.1 cm³/mol. The molecule has 1 aromatic heterocycles.